The highest BCUT2D eigenvalue weighted by Crippen LogP contribution is 2.28. The van der Waals surface area contributed by atoms with Gasteiger partial charge in [0.05, 0.1) is 13.2 Å². The number of rotatable bonds is 8. The van der Waals surface area contributed by atoms with Crippen molar-refractivity contribution in [1.82, 2.24) is 20.4 Å². The van der Waals surface area contributed by atoms with Gasteiger partial charge in [-0.1, -0.05) is 6.07 Å². The summed E-state index contributed by atoms with van der Waals surface area (Å²) in [6, 6.07) is 7.21. The summed E-state index contributed by atoms with van der Waals surface area (Å²) < 4.78 is 12.4. The second-order valence-corrected chi connectivity index (χ2v) is 6.60. The number of carbonyl (C=O) groups is 2. The molecule has 1 atom stereocenters. The predicted octanol–water partition coefficient (Wildman–Crippen LogP) is 1.03. The maximum atomic E-state index is 12.4. The fourth-order valence-corrected chi connectivity index (χ4v) is 3.08. The van der Waals surface area contributed by atoms with E-state index in [0.29, 0.717) is 23.7 Å². The number of carbonyl (C=O) groups excluding carboxylic acids is 2. The number of amides is 2. The predicted molar refractivity (Wildman–Crippen MR) is 109 cm³/mol. The Kier molecular flexibility index (Phi) is 8.29. The smallest absolute Gasteiger partial charge is 0.272 e. The van der Waals surface area contributed by atoms with Crippen LogP contribution in [-0.4, -0.2) is 48.4 Å². The molecule has 3 rings (SSSR count). The Balaban J connectivity index is 0.00000300. The van der Waals surface area contributed by atoms with Crippen LogP contribution in [0, 0.1) is 0 Å². The lowest BCUT2D eigenvalue weighted by molar-refractivity contribution is -0.119. The van der Waals surface area contributed by atoms with E-state index >= 15 is 0 Å². The number of nitrogens with one attached hydrogen (secondary N) is 2. The van der Waals surface area contributed by atoms with Crippen LogP contribution in [0.1, 0.15) is 34.9 Å². The Morgan fingerprint density at radius 2 is 2.17 bits per heavy atom. The van der Waals surface area contributed by atoms with E-state index in [1.54, 1.807) is 24.3 Å². The van der Waals surface area contributed by atoms with E-state index in [1.807, 2.05) is 10.9 Å². The number of nitrogens with zero attached hydrogens (tertiary/aromatic N) is 2. The van der Waals surface area contributed by atoms with Gasteiger partial charge < -0.3 is 25.8 Å². The molecule has 1 fully saturated rings. The normalized spacial score (nSPS) is 15.8. The molecular weight excluding hydrogens is 398 g/mol. The summed E-state index contributed by atoms with van der Waals surface area (Å²) in [7, 11) is 1.50. The van der Waals surface area contributed by atoms with Crippen molar-refractivity contribution in [2.24, 2.45) is 5.73 Å². The molecule has 1 aromatic heterocycles. The first-order valence-electron chi connectivity index (χ1n) is 9.19. The molecule has 0 aliphatic carbocycles. The maximum Gasteiger partial charge on any atom is 0.272 e. The molecule has 1 saturated heterocycles. The van der Waals surface area contributed by atoms with Gasteiger partial charge in [-0.25, -0.2) is 0 Å². The Morgan fingerprint density at radius 1 is 1.34 bits per heavy atom. The van der Waals surface area contributed by atoms with Gasteiger partial charge >= 0.3 is 0 Å². The molecule has 1 aromatic carbocycles. The molecule has 29 heavy (non-hydrogen) atoms. The second-order valence-electron chi connectivity index (χ2n) is 6.60. The lowest BCUT2D eigenvalue weighted by Gasteiger charge is -2.22. The Hall–Kier alpha value is -2.78. The van der Waals surface area contributed by atoms with Crippen molar-refractivity contribution in [3.05, 3.63) is 41.7 Å². The highest BCUT2D eigenvalue weighted by Gasteiger charge is 2.17. The van der Waals surface area contributed by atoms with E-state index < -0.39 is 5.91 Å². The fraction of sp³-hybridized carbons (Fsp3) is 0.421. The van der Waals surface area contributed by atoms with Crippen molar-refractivity contribution < 1.29 is 19.1 Å². The fourth-order valence-electron chi connectivity index (χ4n) is 3.08. The maximum absolute atomic E-state index is 12.4. The Morgan fingerprint density at radius 3 is 2.86 bits per heavy atom. The number of aromatic nitrogens is 2. The first-order chi connectivity index (χ1) is 13.6. The van der Waals surface area contributed by atoms with Gasteiger partial charge in [-0.3, -0.25) is 14.3 Å². The molecule has 0 spiro atoms. The molecule has 0 saturated carbocycles. The van der Waals surface area contributed by atoms with Crippen LogP contribution in [0.25, 0.3) is 0 Å². The summed E-state index contributed by atoms with van der Waals surface area (Å²) in [5, 5.41) is 10.6. The SMILES string of the molecule is COc1cc(CNC(=O)c2ccn(C3CCCNC3)n2)ccc1OCC(N)=O.Cl. The minimum atomic E-state index is -0.568. The van der Waals surface area contributed by atoms with Crippen molar-refractivity contribution in [3.8, 4) is 11.5 Å². The van der Waals surface area contributed by atoms with E-state index in [9.17, 15) is 9.59 Å². The minimum Gasteiger partial charge on any atom is -0.493 e. The Bertz CT molecular complexity index is 836. The summed E-state index contributed by atoms with van der Waals surface area (Å²) in [6.45, 7) is 1.97. The zero-order valence-electron chi connectivity index (χ0n) is 16.2. The number of nitrogens with two attached hydrogens (primary N) is 1. The number of benzene rings is 1. The van der Waals surface area contributed by atoms with Crippen LogP contribution in [-0.2, 0) is 11.3 Å². The number of ether oxygens (including phenoxy) is 2. The summed E-state index contributed by atoms with van der Waals surface area (Å²) in [4.78, 5) is 23.3. The molecule has 158 valence electrons. The zero-order chi connectivity index (χ0) is 19.9. The van der Waals surface area contributed by atoms with Crippen LogP contribution in [0.4, 0.5) is 0 Å². The van der Waals surface area contributed by atoms with Crippen molar-refractivity contribution in [3.63, 3.8) is 0 Å². The number of piperidine rings is 1. The van der Waals surface area contributed by atoms with Gasteiger partial charge in [0.25, 0.3) is 11.8 Å². The third-order valence-corrected chi connectivity index (χ3v) is 4.54. The summed E-state index contributed by atoms with van der Waals surface area (Å²) >= 11 is 0. The minimum absolute atomic E-state index is 0. The molecule has 0 radical (unpaired) electrons. The lowest BCUT2D eigenvalue weighted by Crippen LogP contribution is -2.32. The van der Waals surface area contributed by atoms with E-state index in [4.69, 9.17) is 15.2 Å². The zero-order valence-corrected chi connectivity index (χ0v) is 17.0. The summed E-state index contributed by atoms with van der Waals surface area (Å²) in [5.41, 5.74) is 6.30. The molecule has 2 amide bonds. The van der Waals surface area contributed by atoms with Gasteiger partial charge in [0.15, 0.2) is 18.1 Å². The van der Waals surface area contributed by atoms with E-state index in [-0.39, 0.29) is 31.0 Å². The largest absolute Gasteiger partial charge is 0.493 e. The number of methoxy groups -OCH3 is 1. The highest BCUT2D eigenvalue weighted by molar-refractivity contribution is 5.92. The molecule has 4 N–H and O–H groups in total. The molecular formula is C19H26ClN5O4. The van der Waals surface area contributed by atoms with E-state index in [0.717, 1.165) is 31.5 Å². The van der Waals surface area contributed by atoms with Crippen LogP contribution in [0.15, 0.2) is 30.5 Å². The number of halogens is 1. The van der Waals surface area contributed by atoms with Crippen molar-refractivity contribution in [1.29, 1.82) is 0 Å². The van der Waals surface area contributed by atoms with Gasteiger partial charge in [0.2, 0.25) is 0 Å². The van der Waals surface area contributed by atoms with Crippen molar-refractivity contribution in [2.45, 2.75) is 25.4 Å². The molecule has 10 heteroatoms. The van der Waals surface area contributed by atoms with E-state index in [2.05, 4.69) is 15.7 Å². The van der Waals surface area contributed by atoms with Crippen LogP contribution < -0.4 is 25.8 Å². The highest BCUT2D eigenvalue weighted by atomic mass is 35.5. The lowest BCUT2D eigenvalue weighted by atomic mass is 10.1. The van der Waals surface area contributed by atoms with Crippen LogP contribution >= 0.6 is 12.4 Å². The average molecular weight is 424 g/mol. The first kappa shape index (κ1) is 22.5. The molecule has 1 aliphatic heterocycles. The summed E-state index contributed by atoms with van der Waals surface area (Å²) in [6.07, 6.45) is 4.01. The second kappa shape index (κ2) is 10.7. The number of hydrogen-bond acceptors (Lipinski definition) is 6. The topological polar surface area (TPSA) is 120 Å². The summed E-state index contributed by atoms with van der Waals surface area (Å²) in [5.74, 6) is 0.0654. The first-order valence-corrected chi connectivity index (χ1v) is 9.19. The molecule has 1 aliphatic rings. The van der Waals surface area contributed by atoms with Crippen molar-refractivity contribution in [2.75, 3.05) is 26.8 Å². The van der Waals surface area contributed by atoms with E-state index in [1.165, 1.54) is 7.11 Å². The number of primary amides is 1. The molecule has 1 unspecified atom stereocenters. The van der Waals surface area contributed by atoms with Gasteiger partial charge in [0, 0.05) is 19.3 Å². The molecule has 2 heterocycles. The van der Waals surface area contributed by atoms with Gasteiger partial charge in [-0.05, 0) is 43.1 Å². The van der Waals surface area contributed by atoms with Crippen LogP contribution in [0.2, 0.25) is 0 Å². The molecule has 9 nitrogen and oxygen atoms in total. The third-order valence-electron chi connectivity index (χ3n) is 4.54. The quantitative estimate of drug-likeness (QED) is 0.583. The van der Waals surface area contributed by atoms with Crippen LogP contribution in [0.3, 0.4) is 0 Å². The number of hydrogen-bond donors (Lipinski definition) is 3. The molecule has 0 bridgehead atoms. The van der Waals surface area contributed by atoms with Gasteiger partial charge in [-0.2, -0.15) is 5.10 Å². The average Bonchev–Trinajstić information content (AvgIpc) is 3.21. The third kappa shape index (κ3) is 6.10. The van der Waals surface area contributed by atoms with Gasteiger partial charge in [-0.15, -0.1) is 12.4 Å². The standard InChI is InChI=1S/C19H25N5O4.ClH/c1-27-17-9-13(4-5-16(17)28-12-18(20)25)10-22-19(26)15-6-8-24(23-15)14-3-2-7-21-11-14;/h4-6,8-9,14,21H,2-3,7,10-12H2,1H3,(H2,20,25)(H,22,26);1H. The molecule has 2 aromatic rings. The van der Waals surface area contributed by atoms with Crippen LogP contribution in [0.5, 0.6) is 11.5 Å². The Labute approximate surface area is 175 Å². The monoisotopic (exact) mass is 423 g/mol. The van der Waals surface area contributed by atoms with Gasteiger partial charge in [0.1, 0.15) is 5.69 Å². The van der Waals surface area contributed by atoms with Crippen molar-refractivity contribution >= 4 is 24.2 Å².